The van der Waals surface area contributed by atoms with E-state index in [0.29, 0.717) is 0 Å². The molecule has 0 spiro atoms. The minimum atomic E-state index is -0.607. The number of rotatable bonds is 5. The van der Waals surface area contributed by atoms with Gasteiger partial charge in [0.2, 0.25) is 0 Å². The maximum absolute atomic E-state index is 5.31. The second kappa shape index (κ2) is 14.4. The van der Waals surface area contributed by atoms with Crippen molar-refractivity contribution < 1.29 is 17.1 Å². The molecule has 0 fully saturated rings. The van der Waals surface area contributed by atoms with Crippen molar-refractivity contribution in [3.63, 3.8) is 0 Å². The average Bonchev–Trinajstić information content (AvgIpc) is 3.72. The summed E-state index contributed by atoms with van der Waals surface area (Å²) in [5, 5.41) is 2.13. The van der Waals surface area contributed by atoms with Gasteiger partial charge in [0.1, 0.15) is 0 Å². The Bertz CT molecular complexity index is 1790. The summed E-state index contributed by atoms with van der Waals surface area (Å²) < 4.78 is 0. The molecule has 0 aliphatic rings. The molecular formula is C42H50FeN2P2-6. The normalized spacial score (nSPS) is 12.6. The van der Waals surface area contributed by atoms with Crippen molar-refractivity contribution in [3.8, 4) is 0 Å². The van der Waals surface area contributed by atoms with Crippen molar-refractivity contribution in [3.05, 3.63) is 143 Å². The first-order valence-electron chi connectivity index (χ1n) is 16.3. The Morgan fingerprint density at radius 3 is 1.47 bits per heavy atom. The fraction of sp³-hybridized carbons (Fsp3) is 0.333. The van der Waals surface area contributed by atoms with E-state index in [2.05, 4.69) is 156 Å². The zero-order valence-corrected chi connectivity index (χ0v) is 32.6. The SMILES string of the molecule is CC(C)(C)c1cc(C(P)(c2ccc3ccccc3n2)c2ccc3ccccc3n2)[c-](CP(C(C)(C)C)C(C)(C)C)c1.[Fe].[cH-]1[cH-][cH-][cH-][cH-]1. The molecule has 252 valence electrons. The minimum absolute atomic E-state index is 0. The molecule has 0 aliphatic carbocycles. The van der Waals surface area contributed by atoms with E-state index in [0.717, 1.165) is 39.4 Å². The van der Waals surface area contributed by atoms with E-state index < -0.39 is 5.16 Å². The Hall–Kier alpha value is -2.66. The van der Waals surface area contributed by atoms with Gasteiger partial charge in [0.05, 0.1) is 27.6 Å². The average molecular weight is 701 g/mol. The Balaban J connectivity index is 0.000000762. The first-order valence-corrected chi connectivity index (χ1v) is 18.5. The van der Waals surface area contributed by atoms with Crippen molar-refractivity contribution in [2.75, 3.05) is 0 Å². The van der Waals surface area contributed by atoms with Crippen molar-refractivity contribution in [1.29, 1.82) is 0 Å². The van der Waals surface area contributed by atoms with E-state index in [9.17, 15) is 0 Å². The summed E-state index contributed by atoms with van der Waals surface area (Å²) in [5.74, 6) is 0. The number of hydrogen-bond donors (Lipinski definition) is 0. The van der Waals surface area contributed by atoms with Crippen LogP contribution in [0.3, 0.4) is 0 Å². The number of pyridine rings is 2. The van der Waals surface area contributed by atoms with Crippen LogP contribution in [0.4, 0.5) is 0 Å². The van der Waals surface area contributed by atoms with E-state index in [-0.39, 0.29) is 40.7 Å². The van der Waals surface area contributed by atoms with Crippen LogP contribution < -0.4 is 0 Å². The molecule has 0 N–H and O–H groups in total. The smallest absolute Gasteiger partial charge is 0.0710 e. The molecule has 0 saturated heterocycles. The summed E-state index contributed by atoms with van der Waals surface area (Å²) >= 11 is 0. The maximum atomic E-state index is 5.31. The molecule has 0 radical (unpaired) electrons. The quantitative estimate of drug-likeness (QED) is 0.102. The van der Waals surface area contributed by atoms with E-state index in [1.54, 1.807) is 0 Å². The molecule has 6 rings (SSSR count). The van der Waals surface area contributed by atoms with Gasteiger partial charge < -0.3 is 30.3 Å². The van der Waals surface area contributed by atoms with Crippen LogP contribution in [-0.4, -0.2) is 20.3 Å². The van der Waals surface area contributed by atoms with Crippen molar-refractivity contribution >= 4 is 39.0 Å². The molecule has 4 aromatic carbocycles. The van der Waals surface area contributed by atoms with Crippen LogP contribution in [0.2, 0.25) is 0 Å². The second-order valence-electron chi connectivity index (χ2n) is 15.4. The molecule has 0 amide bonds. The van der Waals surface area contributed by atoms with Crippen LogP contribution in [0.1, 0.15) is 90.4 Å². The number of fused-ring (bicyclic) bond motifs is 2. The van der Waals surface area contributed by atoms with Gasteiger partial charge in [0.25, 0.3) is 0 Å². The zero-order chi connectivity index (χ0) is 33.3. The van der Waals surface area contributed by atoms with Gasteiger partial charge in [0, 0.05) is 27.8 Å². The molecule has 0 aliphatic heterocycles. The zero-order valence-electron chi connectivity index (χ0n) is 29.4. The third-order valence-electron chi connectivity index (χ3n) is 8.77. The number of hydrogen-bond acceptors (Lipinski definition) is 2. The van der Waals surface area contributed by atoms with Gasteiger partial charge in [-0.1, -0.05) is 122 Å². The van der Waals surface area contributed by atoms with Gasteiger partial charge in [-0.3, -0.25) is 9.97 Å². The van der Waals surface area contributed by atoms with Crippen LogP contribution in [-0.2, 0) is 33.8 Å². The van der Waals surface area contributed by atoms with E-state index in [1.165, 1.54) is 16.7 Å². The summed E-state index contributed by atoms with van der Waals surface area (Å²) in [4.78, 5) is 10.6. The first kappa shape index (κ1) is 37.2. The van der Waals surface area contributed by atoms with Crippen LogP contribution in [0, 0.1) is 0 Å². The second-order valence-corrected chi connectivity index (χ2v) is 20.1. The van der Waals surface area contributed by atoms with Gasteiger partial charge >= 0.3 is 0 Å². The molecule has 2 aromatic heterocycles. The molecule has 1 atom stereocenters. The predicted octanol–water partition coefficient (Wildman–Crippen LogP) is 11.9. The van der Waals surface area contributed by atoms with Crippen LogP contribution in [0.5, 0.6) is 0 Å². The molecular weight excluding hydrogens is 650 g/mol. The molecule has 6 aromatic rings. The van der Waals surface area contributed by atoms with Crippen LogP contribution in [0.15, 0.2) is 115 Å². The van der Waals surface area contributed by atoms with Gasteiger partial charge in [0.15, 0.2) is 0 Å². The number of nitrogens with zero attached hydrogens (tertiary/aromatic N) is 2. The Kier molecular flexibility index (Phi) is 11.4. The van der Waals surface area contributed by atoms with E-state index >= 15 is 0 Å². The van der Waals surface area contributed by atoms with Gasteiger partial charge in [-0.25, -0.2) is 6.07 Å². The number of para-hydroxylation sites is 2. The Morgan fingerprint density at radius 1 is 0.638 bits per heavy atom. The molecule has 5 heteroatoms. The third kappa shape index (κ3) is 8.32. The molecule has 1 unspecified atom stereocenters. The molecule has 0 bridgehead atoms. The summed E-state index contributed by atoms with van der Waals surface area (Å²) in [7, 11) is 2.91. The molecule has 2 nitrogen and oxygen atoms in total. The van der Waals surface area contributed by atoms with Crippen molar-refractivity contribution in [1.82, 2.24) is 9.97 Å². The summed E-state index contributed by atoms with van der Waals surface area (Å²) in [6, 6.07) is 40.6. The fourth-order valence-electron chi connectivity index (χ4n) is 6.44. The predicted molar refractivity (Wildman–Crippen MR) is 206 cm³/mol. The van der Waals surface area contributed by atoms with E-state index in [4.69, 9.17) is 9.97 Å². The topological polar surface area (TPSA) is 25.8 Å². The van der Waals surface area contributed by atoms with E-state index in [1.807, 2.05) is 30.3 Å². The monoisotopic (exact) mass is 700 g/mol. The Labute approximate surface area is 297 Å². The largest absolute Gasteiger partial charge is 0.748 e. The fourth-order valence-corrected chi connectivity index (χ4v) is 10.6. The minimum Gasteiger partial charge on any atom is -0.748 e. The number of benzene rings is 2. The summed E-state index contributed by atoms with van der Waals surface area (Å²) in [6.07, 6.45) is 1.06. The summed E-state index contributed by atoms with van der Waals surface area (Å²) in [6.45, 7) is 21.5. The van der Waals surface area contributed by atoms with Crippen LogP contribution in [0.25, 0.3) is 21.8 Å². The molecule has 2 heterocycles. The van der Waals surface area contributed by atoms with Crippen molar-refractivity contribution in [2.24, 2.45) is 0 Å². The first-order chi connectivity index (χ1) is 21.6. The molecule has 0 saturated carbocycles. The summed E-state index contributed by atoms with van der Waals surface area (Å²) in [5.41, 5.74) is 8.15. The number of aromatic nitrogens is 2. The van der Waals surface area contributed by atoms with Gasteiger partial charge in [-0.15, -0.1) is 28.3 Å². The Morgan fingerprint density at radius 2 is 1.06 bits per heavy atom. The standard InChI is InChI=1S/C37H45N2P2.C5H5.Fe/c1-34(2,3)28-22-27(24-41(35(4,5)6)36(7,8)9)29(23-28)37(40,32-20-18-25-14-10-12-16-30(25)38-32)33-21-19-26-15-11-13-17-31(26)39-33;1-2-4-5-3-1;/h10-23H,24,40H2,1-9H3;1-5H;/q-1;-5;. The third-order valence-corrected chi connectivity index (χ3v) is 13.6. The molecule has 47 heavy (non-hydrogen) atoms. The van der Waals surface area contributed by atoms with Crippen LogP contribution >= 0.6 is 17.2 Å². The maximum Gasteiger partial charge on any atom is 0.0710 e. The van der Waals surface area contributed by atoms with Gasteiger partial charge in [-0.05, 0) is 34.6 Å². The van der Waals surface area contributed by atoms with Crippen molar-refractivity contribution in [2.45, 2.75) is 89.4 Å². The van der Waals surface area contributed by atoms with Gasteiger partial charge in [-0.2, -0.15) is 11.6 Å².